The molecule has 0 bridgehead atoms. The molecule has 1 aliphatic rings. The minimum absolute atomic E-state index is 0.404. The first-order valence-electron chi connectivity index (χ1n) is 12.6. The van der Waals surface area contributed by atoms with E-state index < -0.39 is 0 Å². The maximum Gasteiger partial charge on any atom is 0.192 e. The predicted molar refractivity (Wildman–Crippen MR) is 159 cm³/mol. The van der Waals surface area contributed by atoms with Gasteiger partial charge in [0.15, 0.2) is 28.8 Å². The summed E-state index contributed by atoms with van der Waals surface area (Å²) in [7, 11) is 0. The number of nitrogens with zero attached hydrogens (tertiary/aromatic N) is 2. The van der Waals surface area contributed by atoms with Crippen molar-refractivity contribution in [1.29, 1.82) is 0 Å². The summed E-state index contributed by atoms with van der Waals surface area (Å²) >= 11 is 3.80. The standard InChI is InChI=1S/C15H24INO.C12H20N2O2S/c1-6-9-10-11-14(13(5)17-8-3)15(18-16)12(4)7-2;1-3-11-10(12(13)14-16-11)7-17-6-9-5-4-8(2)15-9/h8,10-11H,6-7,9H2,1-5H3;8-9H,3-7H2,1-2H3,(H2,13,14)/b11-10-,14-13-,15-12-,17-8?;. The zero-order chi connectivity index (χ0) is 26.2. The van der Waals surface area contributed by atoms with Gasteiger partial charge in [-0.25, -0.2) is 0 Å². The van der Waals surface area contributed by atoms with Crippen LogP contribution in [0.4, 0.5) is 5.82 Å². The van der Waals surface area contributed by atoms with Gasteiger partial charge in [0.2, 0.25) is 0 Å². The molecule has 1 aromatic heterocycles. The highest BCUT2D eigenvalue weighted by atomic mass is 127. The highest BCUT2D eigenvalue weighted by Gasteiger charge is 2.22. The molecule has 35 heavy (non-hydrogen) atoms. The number of nitrogens with two attached hydrogens (primary N) is 1. The molecular weight excluding hydrogens is 573 g/mol. The maximum atomic E-state index is 5.78. The Morgan fingerprint density at radius 2 is 2.03 bits per heavy atom. The predicted octanol–water partition coefficient (Wildman–Crippen LogP) is 8.38. The van der Waals surface area contributed by atoms with Gasteiger partial charge in [-0.15, -0.1) is 0 Å². The summed E-state index contributed by atoms with van der Waals surface area (Å²) in [5.74, 6) is 4.28. The average Bonchev–Trinajstić information content (AvgIpc) is 3.43. The molecule has 0 radical (unpaired) electrons. The topological polar surface area (TPSA) is 82.9 Å². The molecule has 1 aromatic rings. The van der Waals surface area contributed by atoms with Crippen molar-refractivity contribution in [2.45, 2.75) is 105 Å². The van der Waals surface area contributed by atoms with E-state index >= 15 is 0 Å². The van der Waals surface area contributed by atoms with Crippen molar-refractivity contribution in [2.24, 2.45) is 4.99 Å². The first-order chi connectivity index (χ1) is 16.8. The van der Waals surface area contributed by atoms with E-state index in [-0.39, 0.29) is 0 Å². The monoisotopic (exact) mass is 617 g/mol. The van der Waals surface area contributed by atoms with Gasteiger partial charge >= 0.3 is 0 Å². The lowest BCUT2D eigenvalue weighted by molar-refractivity contribution is 0.0700. The van der Waals surface area contributed by atoms with Gasteiger partial charge in [-0.05, 0) is 59.0 Å². The molecular formula is C27H44IN3O3S. The lowest BCUT2D eigenvalue weighted by Crippen LogP contribution is -2.11. The summed E-state index contributed by atoms with van der Waals surface area (Å²) in [4.78, 5) is 4.38. The van der Waals surface area contributed by atoms with Crippen LogP contribution in [0, 0.1) is 0 Å². The Balaban J connectivity index is 0.000000350. The van der Waals surface area contributed by atoms with Gasteiger partial charge in [0.25, 0.3) is 0 Å². The number of allylic oxidation sites excluding steroid dienone is 4. The number of rotatable bonds is 12. The van der Waals surface area contributed by atoms with Crippen LogP contribution in [0.2, 0.25) is 0 Å². The van der Waals surface area contributed by atoms with Gasteiger partial charge in [0, 0.05) is 41.0 Å². The van der Waals surface area contributed by atoms with Crippen LogP contribution in [-0.4, -0.2) is 29.3 Å². The van der Waals surface area contributed by atoms with Crippen LogP contribution in [0.15, 0.2) is 44.3 Å². The summed E-state index contributed by atoms with van der Waals surface area (Å²) in [5.41, 5.74) is 10.2. The number of aryl methyl sites for hydroxylation is 1. The van der Waals surface area contributed by atoms with Crippen molar-refractivity contribution < 1.29 is 12.3 Å². The number of aromatic nitrogens is 1. The summed E-state index contributed by atoms with van der Waals surface area (Å²) in [6, 6.07) is 0. The molecule has 0 saturated carbocycles. The number of hydrogen-bond acceptors (Lipinski definition) is 7. The largest absolute Gasteiger partial charge is 0.427 e. The minimum atomic E-state index is 0.404. The summed E-state index contributed by atoms with van der Waals surface area (Å²) in [5, 5.41) is 3.81. The highest BCUT2D eigenvalue weighted by molar-refractivity contribution is 14.1. The number of nitrogen functional groups attached to an aromatic ring is 1. The Hall–Kier alpha value is -1.26. The zero-order valence-electron chi connectivity index (χ0n) is 22.5. The number of unbranched alkanes of at least 4 members (excludes halogenated alkanes) is 1. The third kappa shape index (κ3) is 11.1. The average molecular weight is 618 g/mol. The number of thioether (sulfide) groups is 1. The lowest BCUT2D eigenvalue weighted by atomic mass is 10.1. The SMILES string of the molecule is CC=N/C(C)=C(/C=C\CCC)C(\OI)=C(/C)CC.CCc1onc(N)c1CSCC1CCC(C)O1. The molecule has 0 aliphatic carbocycles. The number of halogens is 1. The number of ether oxygens (including phenoxy) is 1. The second kappa shape index (κ2) is 18.1. The van der Waals surface area contributed by atoms with E-state index in [1.54, 1.807) is 0 Å². The fraction of sp³-hybridized carbons (Fsp3) is 0.630. The molecule has 2 atom stereocenters. The molecule has 1 saturated heterocycles. The second-order valence-electron chi connectivity index (χ2n) is 8.60. The molecule has 2 rings (SSSR count). The van der Waals surface area contributed by atoms with E-state index in [0.717, 1.165) is 65.5 Å². The smallest absolute Gasteiger partial charge is 0.192 e. The van der Waals surface area contributed by atoms with E-state index in [9.17, 15) is 0 Å². The van der Waals surface area contributed by atoms with Crippen molar-refractivity contribution in [3.8, 4) is 0 Å². The molecule has 0 aromatic carbocycles. The maximum absolute atomic E-state index is 5.78. The Kier molecular flexibility index (Phi) is 16.4. The fourth-order valence-corrected chi connectivity index (χ4v) is 5.33. The van der Waals surface area contributed by atoms with E-state index in [1.165, 1.54) is 18.4 Å². The molecule has 1 aliphatic heterocycles. The Labute approximate surface area is 230 Å². The Bertz CT molecular complexity index is 877. The van der Waals surface area contributed by atoms with Crippen LogP contribution in [-0.2, 0) is 20.0 Å². The lowest BCUT2D eigenvalue weighted by Gasteiger charge is -2.11. The van der Waals surface area contributed by atoms with Gasteiger partial charge in [-0.3, -0.25) is 4.99 Å². The summed E-state index contributed by atoms with van der Waals surface area (Å²) in [6.07, 6.45) is 13.4. The van der Waals surface area contributed by atoms with E-state index in [1.807, 2.05) is 54.8 Å². The van der Waals surface area contributed by atoms with Crippen molar-refractivity contribution in [2.75, 3.05) is 11.5 Å². The van der Waals surface area contributed by atoms with Gasteiger partial charge in [0.05, 0.1) is 12.2 Å². The number of aliphatic imine (C=N–C) groups is 1. The van der Waals surface area contributed by atoms with Gasteiger partial charge in [0.1, 0.15) is 11.5 Å². The van der Waals surface area contributed by atoms with E-state index in [0.29, 0.717) is 18.0 Å². The zero-order valence-corrected chi connectivity index (χ0v) is 25.5. The van der Waals surface area contributed by atoms with Crippen molar-refractivity contribution in [3.05, 3.63) is 46.1 Å². The molecule has 198 valence electrons. The fourth-order valence-electron chi connectivity index (χ4n) is 3.58. The van der Waals surface area contributed by atoms with Crippen LogP contribution < -0.4 is 5.73 Å². The second-order valence-corrected chi connectivity index (χ2v) is 10.1. The Morgan fingerprint density at radius 1 is 1.29 bits per heavy atom. The first kappa shape index (κ1) is 31.8. The third-order valence-corrected chi connectivity index (χ3v) is 7.32. The van der Waals surface area contributed by atoms with Crippen LogP contribution in [0.3, 0.4) is 0 Å². The molecule has 6 nitrogen and oxygen atoms in total. The van der Waals surface area contributed by atoms with Crippen LogP contribution in [0.5, 0.6) is 0 Å². The van der Waals surface area contributed by atoms with Gasteiger partial charge in [-0.1, -0.05) is 44.5 Å². The summed E-state index contributed by atoms with van der Waals surface area (Å²) in [6.45, 7) is 14.5. The minimum Gasteiger partial charge on any atom is -0.427 e. The number of hydrogen-bond donors (Lipinski definition) is 1. The Morgan fingerprint density at radius 3 is 2.57 bits per heavy atom. The molecule has 2 heterocycles. The number of anilines is 1. The van der Waals surface area contributed by atoms with Gasteiger partial charge < -0.3 is 18.1 Å². The molecule has 0 amide bonds. The van der Waals surface area contributed by atoms with Crippen LogP contribution >= 0.6 is 34.8 Å². The van der Waals surface area contributed by atoms with Crippen LogP contribution in [0.25, 0.3) is 0 Å². The molecule has 1 fully saturated rings. The van der Waals surface area contributed by atoms with Crippen LogP contribution in [0.1, 0.15) is 91.9 Å². The highest BCUT2D eigenvalue weighted by Crippen LogP contribution is 2.28. The quantitative estimate of drug-likeness (QED) is 0.110. The van der Waals surface area contributed by atoms with Crippen molar-refractivity contribution in [3.63, 3.8) is 0 Å². The van der Waals surface area contributed by atoms with Crippen molar-refractivity contribution in [1.82, 2.24) is 5.16 Å². The van der Waals surface area contributed by atoms with E-state index in [4.69, 9.17) is 18.1 Å². The molecule has 8 heteroatoms. The third-order valence-electron chi connectivity index (χ3n) is 5.78. The summed E-state index contributed by atoms with van der Waals surface area (Å²) < 4.78 is 16.5. The van der Waals surface area contributed by atoms with E-state index in [2.05, 4.69) is 56.9 Å². The van der Waals surface area contributed by atoms with Gasteiger partial charge in [-0.2, -0.15) is 11.8 Å². The molecule has 0 spiro atoms. The normalized spacial score (nSPS) is 19.5. The van der Waals surface area contributed by atoms with Crippen molar-refractivity contribution >= 4 is 46.8 Å². The molecule has 2 unspecified atom stereocenters. The first-order valence-corrected chi connectivity index (χ1v) is 14.7. The molecule has 2 N–H and O–H groups in total.